The topological polar surface area (TPSA) is 66.5 Å². The van der Waals surface area contributed by atoms with Crippen LogP contribution in [0.1, 0.15) is 38.3 Å². The molecular weight excluding hydrogens is 324 g/mol. The highest BCUT2D eigenvalue weighted by molar-refractivity contribution is 7.93. The van der Waals surface area contributed by atoms with Crippen molar-refractivity contribution in [1.82, 2.24) is 10.2 Å². The van der Waals surface area contributed by atoms with E-state index in [2.05, 4.69) is 31.3 Å². The van der Waals surface area contributed by atoms with E-state index in [0.29, 0.717) is 6.54 Å². The highest BCUT2D eigenvalue weighted by atomic mass is 32.2. The lowest BCUT2D eigenvalue weighted by atomic mass is 9.77. The number of hydrogen-bond acceptors (Lipinski definition) is 3. The van der Waals surface area contributed by atoms with Gasteiger partial charge in [0.2, 0.25) is 0 Å². The van der Waals surface area contributed by atoms with Gasteiger partial charge in [-0.2, -0.15) is 0 Å². The van der Waals surface area contributed by atoms with Gasteiger partial charge in [0, 0.05) is 24.8 Å². The minimum absolute atomic E-state index is 0.0360. The van der Waals surface area contributed by atoms with Gasteiger partial charge in [0.05, 0.1) is 6.04 Å². The summed E-state index contributed by atoms with van der Waals surface area (Å²) >= 11 is 0. The maximum absolute atomic E-state index is 12.5. The van der Waals surface area contributed by atoms with Crippen molar-refractivity contribution in [3.05, 3.63) is 47.4 Å². The monoisotopic (exact) mass is 350 g/mol. The summed E-state index contributed by atoms with van der Waals surface area (Å²) in [6.45, 7) is 5.35. The average molecular weight is 350 g/mol. The molecule has 1 atom stereocenters. The second-order valence-corrected chi connectivity index (χ2v) is 9.06. The molecule has 5 nitrogen and oxygen atoms in total. The highest BCUT2D eigenvalue weighted by Crippen LogP contribution is 2.41. The number of benzene rings is 1. The molecule has 1 saturated heterocycles. The first-order valence-corrected chi connectivity index (χ1v) is 10.1. The van der Waals surface area contributed by atoms with Gasteiger partial charge in [-0.3, -0.25) is 0 Å². The van der Waals surface area contributed by atoms with Crippen LogP contribution in [0, 0.1) is 5.41 Å². The third-order valence-corrected chi connectivity index (χ3v) is 5.00. The molecule has 2 amide bonds. The highest BCUT2D eigenvalue weighted by Gasteiger charge is 2.36. The predicted octanol–water partition coefficient (Wildman–Crippen LogP) is 3.12. The number of amides is 2. The molecule has 1 aromatic carbocycles. The summed E-state index contributed by atoms with van der Waals surface area (Å²) in [5.41, 5.74) is 1.32. The quantitative estimate of drug-likeness (QED) is 0.907. The van der Waals surface area contributed by atoms with Crippen LogP contribution in [0.5, 0.6) is 0 Å². The second kappa shape index (κ2) is 7.38. The van der Waals surface area contributed by atoms with Crippen molar-refractivity contribution >= 4 is 15.9 Å². The van der Waals surface area contributed by atoms with Gasteiger partial charge in [0.15, 0.2) is 9.84 Å². The number of likely N-dealkylation sites (tertiary alicyclic amines) is 1. The Balaban J connectivity index is 2.08. The van der Waals surface area contributed by atoms with Crippen molar-refractivity contribution in [3.8, 4) is 0 Å². The molecule has 1 aliphatic heterocycles. The molecule has 1 aliphatic rings. The molecular formula is C18H26N2O3S. The van der Waals surface area contributed by atoms with Crippen LogP contribution in [0.3, 0.4) is 0 Å². The Morgan fingerprint density at radius 1 is 1.33 bits per heavy atom. The van der Waals surface area contributed by atoms with Gasteiger partial charge in [-0.1, -0.05) is 50.3 Å². The molecule has 1 heterocycles. The molecule has 0 aliphatic carbocycles. The summed E-state index contributed by atoms with van der Waals surface area (Å²) in [4.78, 5) is 14.4. The largest absolute Gasteiger partial charge is 0.334 e. The van der Waals surface area contributed by atoms with E-state index in [1.54, 1.807) is 0 Å². The van der Waals surface area contributed by atoms with E-state index in [1.807, 2.05) is 23.1 Å². The van der Waals surface area contributed by atoms with Crippen molar-refractivity contribution in [2.45, 2.75) is 32.7 Å². The van der Waals surface area contributed by atoms with Crippen LogP contribution in [-0.4, -0.2) is 38.7 Å². The molecule has 24 heavy (non-hydrogen) atoms. The van der Waals surface area contributed by atoms with Crippen molar-refractivity contribution in [2.75, 3.05) is 19.3 Å². The maximum Gasteiger partial charge on any atom is 0.318 e. The van der Waals surface area contributed by atoms with Crippen molar-refractivity contribution < 1.29 is 13.2 Å². The average Bonchev–Trinajstić information content (AvgIpc) is 2.50. The number of rotatable bonds is 4. The van der Waals surface area contributed by atoms with Crippen LogP contribution >= 0.6 is 0 Å². The minimum Gasteiger partial charge on any atom is -0.334 e. The molecule has 1 aromatic rings. The third kappa shape index (κ3) is 5.37. The van der Waals surface area contributed by atoms with Gasteiger partial charge < -0.3 is 10.2 Å². The summed E-state index contributed by atoms with van der Waals surface area (Å²) in [5.74, 6) is 0. The standard InChI is InChI=1S/C18H26N2O3S/c1-18(2)10-12-20(16(14-18)15-8-5-4-6-9-15)17(21)19-11-7-13-24(3,22)23/h4-9,13,16H,10-12,14H2,1-3H3,(H,19,21)/b13-7+/t16-/m0/s1. The Morgan fingerprint density at radius 2 is 2.00 bits per heavy atom. The molecule has 1 N–H and O–H groups in total. The van der Waals surface area contributed by atoms with E-state index >= 15 is 0 Å². The van der Waals surface area contributed by atoms with Crippen LogP contribution in [0.15, 0.2) is 41.8 Å². The zero-order valence-electron chi connectivity index (χ0n) is 14.5. The van der Waals surface area contributed by atoms with Gasteiger partial charge in [-0.25, -0.2) is 13.2 Å². The fraction of sp³-hybridized carbons (Fsp3) is 0.500. The van der Waals surface area contributed by atoms with Crippen LogP contribution in [0.2, 0.25) is 0 Å². The van der Waals surface area contributed by atoms with Crippen LogP contribution in [0.4, 0.5) is 4.79 Å². The smallest absolute Gasteiger partial charge is 0.318 e. The van der Waals surface area contributed by atoms with E-state index in [1.165, 1.54) is 6.08 Å². The van der Waals surface area contributed by atoms with E-state index in [0.717, 1.165) is 30.1 Å². The number of nitrogens with zero attached hydrogens (tertiary/aromatic N) is 1. The Hall–Kier alpha value is -1.82. The van der Waals surface area contributed by atoms with Crippen LogP contribution < -0.4 is 5.32 Å². The van der Waals surface area contributed by atoms with Crippen molar-refractivity contribution in [3.63, 3.8) is 0 Å². The normalized spacial score (nSPS) is 21.0. The van der Waals surface area contributed by atoms with Gasteiger partial charge in [0.25, 0.3) is 0 Å². The number of carbonyl (C=O) groups excluding carboxylic acids is 1. The first-order valence-electron chi connectivity index (χ1n) is 8.14. The minimum atomic E-state index is -3.16. The first kappa shape index (κ1) is 18.5. The Bertz CT molecular complexity index is 696. The van der Waals surface area contributed by atoms with Crippen molar-refractivity contribution in [2.24, 2.45) is 5.41 Å². The summed E-state index contributed by atoms with van der Waals surface area (Å²) < 4.78 is 22.2. The van der Waals surface area contributed by atoms with Gasteiger partial charge >= 0.3 is 6.03 Å². The molecule has 2 rings (SSSR count). The Morgan fingerprint density at radius 3 is 2.62 bits per heavy atom. The first-order chi connectivity index (χ1) is 11.2. The fourth-order valence-corrected chi connectivity index (χ4v) is 3.45. The van der Waals surface area contributed by atoms with Crippen molar-refractivity contribution in [1.29, 1.82) is 0 Å². The molecule has 0 radical (unpaired) electrons. The lowest BCUT2D eigenvalue weighted by Gasteiger charge is -2.43. The van der Waals surface area contributed by atoms with E-state index in [9.17, 15) is 13.2 Å². The molecule has 1 fully saturated rings. The van der Waals surface area contributed by atoms with Gasteiger partial charge in [-0.05, 0) is 23.8 Å². The molecule has 132 valence electrons. The van der Waals surface area contributed by atoms with E-state index in [4.69, 9.17) is 0 Å². The molecule has 0 aromatic heterocycles. The lowest BCUT2D eigenvalue weighted by Crippen LogP contribution is -2.48. The number of carbonyl (C=O) groups is 1. The molecule has 6 heteroatoms. The Kier molecular flexibility index (Phi) is 5.70. The van der Waals surface area contributed by atoms with E-state index < -0.39 is 9.84 Å². The number of nitrogens with one attached hydrogen (secondary N) is 1. The summed E-state index contributed by atoms with van der Waals surface area (Å²) in [6, 6.07) is 9.93. The van der Waals surface area contributed by atoms with Gasteiger partial charge in [0.1, 0.15) is 0 Å². The zero-order valence-corrected chi connectivity index (χ0v) is 15.3. The third-order valence-electron chi connectivity index (χ3n) is 4.31. The van der Waals surface area contributed by atoms with E-state index in [-0.39, 0.29) is 24.0 Å². The number of hydrogen-bond donors (Lipinski definition) is 1. The fourth-order valence-electron chi connectivity index (χ4n) is 3.00. The molecule has 0 bridgehead atoms. The molecule has 0 unspecified atom stereocenters. The van der Waals surface area contributed by atoms with Crippen LogP contribution in [-0.2, 0) is 9.84 Å². The van der Waals surface area contributed by atoms with Gasteiger partial charge in [-0.15, -0.1) is 0 Å². The summed E-state index contributed by atoms with van der Waals surface area (Å²) in [5, 5.41) is 3.90. The second-order valence-electron chi connectivity index (χ2n) is 7.13. The SMILES string of the molecule is CC1(C)CCN(C(=O)NC/C=C/S(C)(=O)=O)[C@H](c2ccccc2)C1. The molecule has 0 spiro atoms. The number of urea groups is 1. The zero-order chi connectivity index (χ0) is 17.8. The maximum atomic E-state index is 12.5. The number of piperidine rings is 1. The Labute approximate surface area is 144 Å². The summed E-state index contributed by atoms with van der Waals surface area (Å²) in [7, 11) is -3.16. The molecule has 0 saturated carbocycles. The summed E-state index contributed by atoms with van der Waals surface area (Å²) in [6.07, 6.45) is 4.44. The van der Waals surface area contributed by atoms with Crippen LogP contribution in [0.25, 0.3) is 0 Å². The number of sulfone groups is 1. The predicted molar refractivity (Wildman–Crippen MR) is 96.3 cm³/mol. The lowest BCUT2D eigenvalue weighted by molar-refractivity contribution is 0.0921.